The van der Waals surface area contributed by atoms with Crippen molar-refractivity contribution in [2.75, 3.05) is 13.7 Å². The number of nitrogens with one attached hydrogen (secondary N) is 1. The molecule has 0 radical (unpaired) electrons. The summed E-state index contributed by atoms with van der Waals surface area (Å²) in [6.07, 6.45) is 0. The normalized spacial score (nSPS) is 9.83. The zero-order chi connectivity index (χ0) is 8.97. The third-order valence-corrected chi connectivity index (χ3v) is 1.69. The van der Waals surface area contributed by atoms with Gasteiger partial charge < -0.3 is 10.1 Å². The summed E-state index contributed by atoms with van der Waals surface area (Å²) in [5.41, 5.74) is 2.67. The van der Waals surface area contributed by atoms with E-state index in [9.17, 15) is 0 Å². The molecular weight excluding hydrogens is 150 g/mol. The molecule has 1 rings (SSSR count). The van der Waals surface area contributed by atoms with Gasteiger partial charge in [0, 0.05) is 7.11 Å². The lowest BCUT2D eigenvalue weighted by Crippen LogP contribution is -2.06. The maximum atomic E-state index is 7.58. The predicted octanol–water partition coefficient (Wildman–Crippen LogP) is 2.01. The molecule has 0 atom stereocenters. The number of benzene rings is 1. The van der Waals surface area contributed by atoms with Crippen LogP contribution in [0.1, 0.15) is 11.1 Å². The van der Waals surface area contributed by atoms with Crippen molar-refractivity contribution >= 4 is 5.71 Å². The summed E-state index contributed by atoms with van der Waals surface area (Å²) < 4.78 is 4.86. The lowest BCUT2D eigenvalue weighted by Gasteiger charge is -2.02. The van der Waals surface area contributed by atoms with E-state index in [4.69, 9.17) is 10.1 Å². The van der Waals surface area contributed by atoms with Gasteiger partial charge in [-0.15, -0.1) is 0 Å². The van der Waals surface area contributed by atoms with E-state index in [1.165, 1.54) is 5.56 Å². The average Bonchev–Trinajstić information content (AvgIpc) is 2.06. The molecule has 1 aromatic rings. The first-order valence-electron chi connectivity index (χ1n) is 3.87. The minimum atomic E-state index is 0.378. The Hall–Kier alpha value is -1.15. The van der Waals surface area contributed by atoms with Crippen molar-refractivity contribution in [3.63, 3.8) is 0 Å². The summed E-state index contributed by atoms with van der Waals surface area (Å²) in [6, 6.07) is 7.88. The first-order valence-corrected chi connectivity index (χ1v) is 3.87. The van der Waals surface area contributed by atoms with E-state index >= 15 is 0 Å². The Kier molecular flexibility index (Phi) is 3.00. The molecule has 0 spiro atoms. The lowest BCUT2D eigenvalue weighted by atomic mass is 10.1. The molecule has 0 fully saturated rings. The average molecular weight is 163 g/mol. The van der Waals surface area contributed by atoms with Gasteiger partial charge in [0.15, 0.2) is 0 Å². The Morgan fingerprint density at radius 3 is 2.42 bits per heavy atom. The van der Waals surface area contributed by atoms with E-state index in [0.717, 1.165) is 5.56 Å². The van der Waals surface area contributed by atoms with Gasteiger partial charge in [-0.3, -0.25) is 0 Å². The zero-order valence-electron chi connectivity index (χ0n) is 7.42. The molecular formula is C10H13NO. The summed E-state index contributed by atoms with van der Waals surface area (Å²) in [5, 5.41) is 7.58. The van der Waals surface area contributed by atoms with Crippen LogP contribution in [0.3, 0.4) is 0 Å². The second kappa shape index (κ2) is 4.02. The van der Waals surface area contributed by atoms with Crippen LogP contribution in [0.25, 0.3) is 0 Å². The SMILES string of the molecule is COCC(=N)c1ccc(C)cc1. The highest BCUT2D eigenvalue weighted by Crippen LogP contribution is 2.03. The predicted molar refractivity (Wildman–Crippen MR) is 49.9 cm³/mol. The molecule has 0 aliphatic rings. The minimum absolute atomic E-state index is 0.378. The molecule has 64 valence electrons. The first kappa shape index (κ1) is 8.94. The smallest absolute Gasteiger partial charge is 0.0883 e. The first-order chi connectivity index (χ1) is 5.74. The van der Waals surface area contributed by atoms with E-state index in [2.05, 4.69) is 0 Å². The highest BCUT2D eigenvalue weighted by atomic mass is 16.5. The molecule has 0 amide bonds. The third-order valence-electron chi connectivity index (χ3n) is 1.69. The fourth-order valence-corrected chi connectivity index (χ4v) is 0.982. The molecule has 0 aliphatic carbocycles. The summed E-state index contributed by atoms with van der Waals surface area (Å²) in [7, 11) is 1.60. The monoisotopic (exact) mass is 163 g/mol. The van der Waals surface area contributed by atoms with Crippen LogP contribution in [0, 0.1) is 12.3 Å². The van der Waals surface area contributed by atoms with Crippen LogP contribution in [0.2, 0.25) is 0 Å². The Labute approximate surface area is 72.7 Å². The molecule has 0 aliphatic heterocycles. The van der Waals surface area contributed by atoms with Crippen LogP contribution < -0.4 is 0 Å². The fraction of sp³-hybridized carbons (Fsp3) is 0.300. The molecule has 0 saturated carbocycles. The summed E-state index contributed by atoms with van der Waals surface area (Å²) in [4.78, 5) is 0. The van der Waals surface area contributed by atoms with Gasteiger partial charge in [0.2, 0.25) is 0 Å². The quantitative estimate of drug-likeness (QED) is 0.679. The molecule has 0 unspecified atom stereocenters. The largest absolute Gasteiger partial charge is 0.378 e. The molecule has 1 N–H and O–H groups in total. The molecule has 2 heteroatoms. The Morgan fingerprint density at radius 1 is 1.33 bits per heavy atom. The van der Waals surface area contributed by atoms with E-state index in [1.807, 2.05) is 31.2 Å². The van der Waals surface area contributed by atoms with Crippen LogP contribution in [-0.4, -0.2) is 19.4 Å². The van der Waals surface area contributed by atoms with Gasteiger partial charge in [0.05, 0.1) is 12.3 Å². The van der Waals surface area contributed by atoms with Crippen molar-refractivity contribution in [3.8, 4) is 0 Å². The van der Waals surface area contributed by atoms with E-state index in [0.29, 0.717) is 12.3 Å². The fourth-order valence-electron chi connectivity index (χ4n) is 0.982. The minimum Gasteiger partial charge on any atom is -0.378 e. The van der Waals surface area contributed by atoms with E-state index < -0.39 is 0 Å². The molecule has 2 nitrogen and oxygen atoms in total. The van der Waals surface area contributed by atoms with Crippen LogP contribution in [0.4, 0.5) is 0 Å². The van der Waals surface area contributed by atoms with Crippen LogP contribution in [-0.2, 0) is 4.74 Å². The maximum absolute atomic E-state index is 7.58. The number of aryl methyl sites for hydroxylation is 1. The lowest BCUT2D eigenvalue weighted by molar-refractivity contribution is 0.245. The number of rotatable bonds is 3. The second-order valence-corrected chi connectivity index (χ2v) is 2.78. The number of ether oxygens (including phenoxy) is 1. The standard InChI is InChI=1S/C10H13NO/c1-8-3-5-9(6-4-8)10(11)7-12-2/h3-6,11H,7H2,1-2H3. The number of hydrogen-bond donors (Lipinski definition) is 1. The molecule has 0 saturated heterocycles. The Morgan fingerprint density at radius 2 is 1.92 bits per heavy atom. The van der Waals surface area contributed by atoms with Gasteiger partial charge in [-0.25, -0.2) is 0 Å². The topological polar surface area (TPSA) is 33.1 Å². The van der Waals surface area contributed by atoms with E-state index in [-0.39, 0.29) is 0 Å². The van der Waals surface area contributed by atoms with Crippen molar-refractivity contribution in [1.29, 1.82) is 5.41 Å². The van der Waals surface area contributed by atoms with Crippen molar-refractivity contribution in [3.05, 3.63) is 35.4 Å². The highest BCUT2D eigenvalue weighted by Gasteiger charge is 1.98. The van der Waals surface area contributed by atoms with Crippen LogP contribution in [0.15, 0.2) is 24.3 Å². The van der Waals surface area contributed by atoms with Gasteiger partial charge in [0.25, 0.3) is 0 Å². The van der Waals surface area contributed by atoms with Gasteiger partial charge in [0.1, 0.15) is 0 Å². The molecule has 1 aromatic carbocycles. The van der Waals surface area contributed by atoms with Crippen molar-refractivity contribution in [2.45, 2.75) is 6.92 Å². The molecule has 0 bridgehead atoms. The zero-order valence-corrected chi connectivity index (χ0v) is 7.42. The van der Waals surface area contributed by atoms with Gasteiger partial charge >= 0.3 is 0 Å². The second-order valence-electron chi connectivity index (χ2n) is 2.78. The van der Waals surface area contributed by atoms with Crippen molar-refractivity contribution < 1.29 is 4.74 Å². The third kappa shape index (κ3) is 2.17. The molecule has 12 heavy (non-hydrogen) atoms. The van der Waals surface area contributed by atoms with E-state index in [1.54, 1.807) is 7.11 Å². The van der Waals surface area contributed by atoms with Crippen LogP contribution in [0.5, 0.6) is 0 Å². The molecule has 0 heterocycles. The Bertz CT molecular complexity index is 264. The summed E-state index contributed by atoms with van der Waals surface area (Å²) in [5.74, 6) is 0. The summed E-state index contributed by atoms with van der Waals surface area (Å²) in [6.45, 7) is 2.41. The highest BCUT2D eigenvalue weighted by molar-refractivity contribution is 5.99. The van der Waals surface area contributed by atoms with Crippen molar-refractivity contribution in [2.24, 2.45) is 0 Å². The summed E-state index contributed by atoms with van der Waals surface area (Å²) >= 11 is 0. The number of hydrogen-bond acceptors (Lipinski definition) is 2. The Balaban J connectivity index is 2.75. The van der Waals surface area contributed by atoms with Gasteiger partial charge in [-0.05, 0) is 12.5 Å². The maximum Gasteiger partial charge on any atom is 0.0883 e. The van der Waals surface area contributed by atoms with Gasteiger partial charge in [-0.1, -0.05) is 29.8 Å². The number of methoxy groups -OCH3 is 1. The van der Waals surface area contributed by atoms with Crippen LogP contribution >= 0.6 is 0 Å². The van der Waals surface area contributed by atoms with Gasteiger partial charge in [-0.2, -0.15) is 0 Å². The molecule has 0 aromatic heterocycles. The van der Waals surface area contributed by atoms with Crippen molar-refractivity contribution in [1.82, 2.24) is 0 Å².